The van der Waals surface area contributed by atoms with Gasteiger partial charge in [-0.15, -0.1) is 0 Å². The van der Waals surface area contributed by atoms with Gasteiger partial charge >= 0.3 is 0 Å². The Kier molecular flexibility index (Phi) is 6.09. The summed E-state index contributed by atoms with van der Waals surface area (Å²) in [6, 6.07) is 29.9. The Morgan fingerprint density at radius 1 is 0.583 bits per heavy atom. The Balaban J connectivity index is 1.69. The highest BCUT2D eigenvalue weighted by molar-refractivity contribution is 6.30. The van der Waals surface area contributed by atoms with Crippen molar-refractivity contribution in [3.63, 3.8) is 0 Å². The number of hydrogen-bond donors (Lipinski definition) is 0. The molecule has 0 unspecified atom stereocenters. The van der Waals surface area contributed by atoms with Gasteiger partial charge in [0.05, 0.1) is 0 Å². The zero-order valence-corrected chi connectivity index (χ0v) is 14.6. The summed E-state index contributed by atoms with van der Waals surface area (Å²) in [7, 11) is 0. The van der Waals surface area contributed by atoms with E-state index < -0.39 is 0 Å². The van der Waals surface area contributed by atoms with Crippen molar-refractivity contribution in [3.05, 3.63) is 107 Å². The molecule has 0 nitrogen and oxygen atoms in total. The van der Waals surface area contributed by atoms with E-state index in [2.05, 4.69) is 72.8 Å². The fourth-order valence-corrected chi connectivity index (χ4v) is 3.31. The van der Waals surface area contributed by atoms with Gasteiger partial charge in [0, 0.05) is 5.02 Å². The van der Waals surface area contributed by atoms with Gasteiger partial charge in [0.25, 0.3) is 0 Å². The van der Waals surface area contributed by atoms with E-state index in [1.807, 2.05) is 12.1 Å². The lowest BCUT2D eigenvalue weighted by atomic mass is 9.87. The monoisotopic (exact) mass is 334 g/mol. The van der Waals surface area contributed by atoms with Crippen molar-refractivity contribution in [3.8, 4) is 0 Å². The van der Waals surface area contributed by atoms with Gasteiger partial charge < -0.3 is 0 Å². The van der Waals surface area contributed by atoms with Crippen LogP contribution >= 0.6 is 11.6 Å². The molecule has 0 N–H and O–H groups in total. The maximum atomic E-state index is 6.06. The highest BCUT2D eigenvalue weighted by Crippen LogP contribution is 2.28. The molecule has 0 radical (unpaired) electrons. The molecule has 0 aromatic heterocycles. The molecule has 24 heavy (non-hydrogen) atoms. The van der Waals surface area contributed by atoms with Crippen LogP contribution in [0.4, 0.5) is 0 Å². The molecule has 3 rings (SSSR count). The van der Waals surface area contributed by atoms with Crippen molar-refractivity contribution < 1.29 is 0 Å². The molecule has 0 aliphatic rings. The fraction of sp³-hybridized carbons (Fsp3) is 0.217. The molecule has 0 saturated carbocycles. The van der Waals surface area contributed by atoms with Gasteiger partial charge in [-0.05, 0) is 60.4 Å². The van der Waals surface area contributed by atoms with E-state index in [-0.39, 0.29) is 0 Å². The summed E-state index contributed by atoms with van der Waals surface area (Å²) < 4.78 is 0. The number of rotatable bonds is 7. The van der Waals surface area contributed by atoms with E-state index in [1.54, 1.807) is 0 Å². The minimum absolute atomic E-state index is 0.558. The Labute approximate surface area is 150 Å². The lowest BCUT2D eigenvalue weighted by molar-refractivity contribution is 0.577. The molecule has 122 valence electrons. The standard InChI is InChI=1S/C23H23Cl/c24-23-17-15-22(16-18-23)21(13-11-19-7-3-1-4-8-19)14-12-20-9-5-2-6-10-20/h1-10,15-18,21H,11-14H2. The quantitative estimate of drug-likeness (QED) is 0.451. The van der Waals surface area contributed by atoms with E-state index in [1.165, 1.54) is 29.5 Å². The van der Waals surface area contributed by atoms with Crippen LogP contribution in [0.15, 0.2) is 84.9 Å². The van der Waals surface area contributed by atoms with E-state index in [0.717, 1.165) is 17.9 Å². The van der Waals surface area contributed by atoms with Crippen LogP contribution in [-0.2, 0) is 12.8 Å². The number of halogens is 1. The Morgan fingerprint density at radius 3 is 1.50 bits per heavy atom. The molecule has 1 heteroatoms. The summed E-state index contributed by atoms with van der Waals surface area (Å²) in [5.74, 6) is 0.558. The second-order valence-corrected chi connectivity index (χ2v) is 6.73. The molecule has 3 aromatic rings. The van der Waals surface area contributed by atoms with Crippen molar-refractivity contribution in [2.75, 3.05) is 0 Å². The van der Waals surface area contributed by atoms with Crippen LogP contribution < -0.4 is 0 Å². The molecule has 0 heterocycles. The summed E-state index contributed by atoms with van der Waals surface area (Å²) in [5.41, 5.74) is 4.22. The zero-order valence-electron chi connectivity index (χ0n) is 13.9. The second-order valence-electron chi connectivity index (χ2n) is 6.30. The Hall–Kier alpha value is -2.05. The van der Waals surface area contributed by atoms with E-state index in [9.17, 15) is 0 Å². The highest BCUT2D eigenvalue weighted by atomic mass is 35.5. The van der Waals surface area contributed by atoms with Crippen molar-refractivity contribution in [1.29, 1.82) is 0 Å². The first-order chi connectivity index (χ1) is 11.8. The maximum Gasteiger partial charge on any atom is 0.0406 e. The third-order valence-corrected chi connectivity index (χ3v) is 4.84. The van der Waals surface area contributed by atoms with Gasteiger partial charge in [0.2, 0.25) is 0 Å². The molecule has 0 saturated heterocycles. The average molecular weight is 335 g/mol. The molecule has 3 aromatic carbocycles. The molecular weight excluding hydrogens is 312 g/mol. The zero-order chi connectivity index (χ0) is 16.6. The topological polar surface area (TPSA) is 0 Å². The smallest absolute Gasteiger partial charge is 0.0406 e. The molecule has 0 aliphatic heterocycles. The van der Waals surface area contributed by atoms with Crippen LogP contribution in [-0.4, -0.2) is 0 Å². The first-order valence-corrected chi connectivity index (χ1v) is 9.02. The highest BCUT2D eigenvalue weighted by Gasteiger charge is 2.12. The summed E-state index contributed by atoms with van der Waals surface area (Å²) in [4.78, 5) is 0. The first kappa shape index (κ1) is 16.8. The summed E-state index contributed by atoms with van der Waals surface area (Å²) in [6.45, 7) is 0. The van der Waals surface area contributed by atoms with Gasteiger partial charge in [-0.3, -0.25) is 0 Å². The van der Waals surface area contributed by atoms with Crippen LogP contribution in [0.1, 0.15) is 35.4 Å². The summed E-state index contributed by atoms with van der Waals surface area (Å²) in [6.07, 6.45) is 4.56. The normalized spacial score (nSPS) is 10.9. The fourth-order valence-electron chi connectivity index (χ4n) is 3.18. The van der Waals surface area contributed by atoms with E-state index in [4.69, 9.17) is 11.6 Å². The SMILES string of the molecule is Clc1ccc(C(CCc2ccccc2)CCc2ccccc2)cc1. The lowest BCUT2D eigenvalue weighted by Gasteiger charge is -2.18. The predicted octanol–water partition coefficient (Wildman–Crippen LogP) is 6.69. The first-order valence-electron chi connectivity index (χ1n) is 8.64. The summed E-state index contributed by atoms with van der Waals surface area (Å²) >= 11 is 6.06. The van der Waals surface area contributed by atoms with Crippen molar-refractivity contribution in [1.82, 2.24) is 0 Å². The van der Waals surface area contributed by atoms with Crippen LogP contribution in [0, 0.1) is 0 Å². The van der Waals surface area contributed by atoms with Gasteiger partial charge in [-0.25, -0.2) is 0 Å². The van der Waals surface area contributed by atoms with Gasteiger partial charge in [-0.2, -0.15) is 0 Å². The minimum atomic E-state index is 0.558. The molecular formula is C23H23Cl. The van der Waals surface area contributed by atoms with Crippen molar-refractivity contribution in [2.24, 2.45) is 0 Å². The van der Waals surface area contributed by atoms with E-state index >= 15 is 0 Å². The molecule has 0 aliphatic carbocycles. The van der Waals surface area contributed by atoms with Crippen LogP contribution in [0.3, 0.4) is 0 Å². The molecule has 0 bridgehead atoms. The van der Waals surface area contributed by atoms with E-state index in [0.29, 0.717) is 5.92 Å². The number of benzene rings is 3. The van der Waals surface area contributed by atoms with Crippen molar-refractivity contribution in [2.45, 2.75) is 31.6 Å². The molecule has 0 fully saturated rings. The maximum absolute atomic E-state index is 6.06. The minimum Gasteiger partial charge on any atom is -0.0843 e. The third kappa shape index (κ3) is 4.97. The van der Waals surface area contributed by atoms with Gasteiger partial charge in [0.1, 0.15) is 0 Å². The number of aryl methyl sites for hydroxylation is 2. The van der Waals surface area contributed by atoms with Crippen LogP contribution in [0.2, 0.25) is 5.02 Å². The second kappa shape index (κ2) is 8.70. The Morgan fingerprint density at radius 2 is 1.04 bits per heavy atom. The molecule has 0 amide bonds. The van der Waals surface area contributed by atoms with Crippen molar-refractivity contribution >= 4 is 11.6 Å². The van der Waals surface area contributed by atoms with Crippen LogP contribution in [0.25, 0.3) is 0 Å². The third-order valence-electron chi connectivity index (χ3n) is 4.59. The van der Waals surface area contributed by atoms with Gasteiger partial charge in [-0.1, -0.05) is 84.4 Å². The molecule has 0 spiro atoms. The largest absolute Gasteiger partial charge is 0.0843 e. The summed E-state index contributed by atoms with van der Waals surface area (Å²) in [5, 5.41) is 0.809. The van der Waals surface area contributed by atoms with Gasteiger partial charge in [0.15, 0.2) is 0 Å². The number of hydrogen-bond acceptors (Lipinski definition) is 0. The Bertz CT molecular complexity index is 674. The molecule has 0 atom stereocenters. The van der Waals surface area contributed by atoms with Crippen LogP contribution in [0.5, 0.6) is 0 Å². The predicted molar refractivity (Wildman–Crippen MR) is 104 cm³/mol. The average Bonchev–Trinajstić information content (AvgIpc) is 2.64. The lowest BCUT2D eigenvalue weighted by Crippen LogP contribution is -2.03.